The van der Waals surface area contributed by atoms with Crippen molar-refractivity contribution >= 4 is 63.8 Å². The molecule has 0 saturated carbocycles. The summed E-state index contributed by atoms with van der Waals surface area (Å²) in [6.45, 7) is -0.174. The highest BCUT2D eigenvalue weighted by Crippen LogP contribution is 2.38. The second kappa shape index (κ2) is 9.37. The first-order valence-corrected chi connectivity index (χ1v) is 10.9. The van der Waals surface area contributed by atoms with Crippen molar-refractivity contribution in [2.24, 2.45) is 0 Å². The van der Waals surface area contributed by atoms with E-state index in [1.807, 2.05) is 0 Å². The van der Waals surface area contributed by atoms with Crippen LogP contribution in [0.5, 0.6) is 0 Å². The summed E-state index contributed by atoms with van der Waals surface area (Å²) in [7, 11) is 1.20. The first-order valence-electron chi connectivity index (χ1n) is 9.34. The summed E-state index contributed by atoms with van der Waals surface area (Å²) in [6.07, 6.45) is 1.37. The minimum Gasteiger partial charge on any atom is -0.463 e. The summed E-state index contributed by atoms with van der Waals surface area (Å²) in [5.41, 5.74) is -0.0989. The van der Waals surface area contributed by atoms with Crippen molar-refractivity contribution in [1.29, 1.82) is 0 Å². The Morgan fingerprint density at radius 1 is 1.18 bits per heavy atom. The summed E-state index contributed by atoms with van der Waals surface area (Å²) in [5, 5.41) is 10.7. The number of ether oxygens (including phenoxy) is 1. The molecule has 0 bridgehead atoms. The third-order valence-corrected chi connectivity index (χ3v) is 6.16. The molecule has 0 unspecified atom stereocenters. The van der Waals surface area contributed by atoms with Gasteiger partial charge in [0, 0.05) is 17.7 Å². The van der Waals surface area contributed by atoms with Gasteiger partial charge in [0.1, 0.15) is 22.3 Å². The lowest BCUT2D eigenvalue weighted by Crippen LogP contribution is -2.27. The average Bonchev–Trinajstić information content (AvgIpc) is 3.50. The molecular weight excluding hydrogens is 511 g/mol. The van der Waals surface area contributed by atoms with Crippen LogP contribution in [0.3, 0.4) is 0 Å². The van der Waals surface area contributed by atoms with Gasteiger partial charge in [0.2, 0.25) is 5.76 Å². The molecule has 3 heterocycles. The fraction of sp³-hybridized carbons (Fsp3) is 0.0952. The van der Waals surface area contributed by atoms with Crippen LogP contribution in [0.1, 0.15) is 22.1 Å². The molecule has 0 aliphatic carbocycles. The summed E-state index contributed by atoms with van der Waals surface area (Å²) in [5.74, 6) is -0.655. The van der Waals surface area contributed by atoms with Crippen LogP contribution < -0.4 is 0 Å². The maximum Gasteiger partial charge on any atom is 0.373 e. The Hall–Kier alpha value is -3.54. The van der Waals surface area contributed by atoms with Gasteiger partial charge in [0.15, 0.2) is 0 Å². The van der Waals surface area contributed by atoms with Gasteiger partial charge < -0.3 is 13.6 Å². The molecule has 2 aromatic heterocycles. The SMILES string of the molecule is COC(=O)c1ccc(CN2C(=O)S/C(=C/c3ccc(-c4cc([N+](=O)[O-])c(Cl)cc4Cl)o3)C2=O)o1. The zero-order chi connectivity index (χ0) is 24.6. The monoisotopic (exact) mass is 522 g/mol. The van der Waals surface area contributed by atoms with E-state index in [1.165, 1.54) is 49.6 Å². The van der Waals surface area contributed by atoms with Gasteiger partial charge in [0.05, 0.1) is 28.5 Å². The van der Waals surface area contributed by atoms with E-state index in [9.17, 15) is 24.5 Å². The van der Waals surface area contributed by atoms with Crippen molar-refractivity contribution in [3.8, 4) is 11.3 Å². The number of thioether (sulfide) groups is 1. The first kappa shape index (κ1) is 23.6. The number of carbonyl (C=O) groups is 3. The summed E-state index contributed by atoms with van der Waals surface area (Å²) < 4.78 is 15.5. The molecule has 0 spiro atoms. The number of furan rings is 2. The van der Waals surface area contributed by atoms with E-state index in [1.54, 1.807) is 0 Å². The average molecular weight is 523 g/mol. The van der Waals surface area contributed by atoms with Crippen LogP contribution in [0.2, 0.25) is 10.0 Å². The summed E-state index contributed by atoms with van der Waals surface area (Å²) in [6, 6.07) is 8.32. The number of carbonyl (C=O) groups excluding carboxylic acids is 3. The summed E-state index contributed by atoms with van der Waals surface area (Å²) in [4.78, 5) is 48.2. The smallest absolute Gasteiger partial charge is 0.373 e. The molecule has 1 saturated heterocycles. The second-order valence-electron chi connectivity index (χ2n) is 6.77. The number of nitro groups is 1. The van der Waals surface area contributed by atoms with E-state index in [2.05, 4.69) is 4.74 Å². The first-order chi connectivity index (χ1) is 16.2. The number of nitrogens with zero attached hydrogens (tertiary/aromatic N) is 2. The molecule has 2 amide bonds. The highest BCUT2D eigenvalue weighted by atomic mass is 35.5. The van der Waals surface area contributed by atoms with Crippen molar-refractivity contribution < 1.29 is 32.9 Å². The third kappa shape index (κ3) is 4.58. The minimum absolute atomic E-state index is 0.0516. The lowest BCUT2D eigenvalue weighted by Gasteiger charge is -2.09. The predicted molar refractivity (Wildman–Crippen MR) is 122 cm³/mol. The van der Waals surface area contributed by atoms with E-state index in [4.69, 9.17) is 32.0 Å². The van der Waals surface area contributed by atoms with Gasteiger partial charge in [-0.05, 0) is 42.1 Å². The number of hydrogen-bond donors (Lipinski definition) is 0. The molecule has 0 radical (unpaired) electrons. The fourth-order valence-corrected chi connectivity index (χ4v) is 4.40. The Morgan fingerprint density at radius 3 is 2.65 bits per heavy atom. The number of halogens is 2. The van der Waals surface area contributed by atoms with Gasteiger partial charge in [-0.15, -0.1) is 0 Å². The molecule has 1 aromatic carbocycles. The van der Waals surface area contributed by atoms with Gasteiger partial charge in [-0.2, -0.15) is 0 Å². The topological polar surface area (TPSA) is 133 Å². The van der Waals surface area contributed by atoms with Gasteiger partial charge in [-0.3, -0.25) is 24.6 Å². The fourth-order valence-electron chi connectivity index (χ4n) is 3.04. The van der Waals surface area contributed by atoms with E-state index in [0.29, 0.717) is 11.8 Å². The quantitative estimate of drug-likeness (QED) is 0.171. The molecule has 0 atom stereocenters. The van der Waals surface area contributed by atoms with Gasteiger partial charge in [0.25, 0.3) is 16.8 Å². The number of rotatable bonds is 6. The zero-order valence-electron chi connectivity index (χ0n) is 17.1. The molecular formula is C21H12Cl2N2O8S. The van der Waals surface area contributed by atoms with E-state index in [-0.39, 0.29) is 55.8 Å². The lowest BCUT2D eigenvalue weighted by atomic mass is 10.1. The number of esters is 1. The normalized spacial score (nSPS) is 14.8. The number of hydrogen-bond acceptors (Lipinski definition) is 9. The molecule has 13 heteroatoms. The van der Waals surface area contributed by atoms with Gasteiger partial charge in [-0.1, -0.05) is 23.2 Å². The van der Waals surface area contributed by atoms with Crippen LogP contribution in [0.4, 0.5) is 10.5 Å². The predicted octanol–water partition coefficient (Wildman–Crippen LogP) is 5.78. The lowest BCUT2D eigenvalue weighted by molar-refractivity contribution is -0.384. The molecule has 0 N–H and O–H groups in total. The Morgan fingerprint density at radius 2 is 1.94 bits per heavy atom. The van der Waals surface area contributed by atoms with Crippen LogP contribution >= 0.6 is 35.0 Å². The van der Waals surface area contributed by atoms with Crippen LogP contribution in [-0.2, 0) is 16.1 Å². The van der Waals surface area contributed by atoms with Crippen molar-refractivity contribution in [3.05, 3.63) is 78.7 Å². The zero-order valence-corrected chi connectivity index (χ0v) is 19.4. The van der Waals surface area contributed by atoms with E-state index in [0.717, 1.165) is 4.90 Å². The molecule has 1 fully saturated rings. The van der Waals surface area contributed by atoms with Crippen LogP contribution in [0, 0.1) is 10.1 Å². The van der Waals surface area contributed by atoms with E-state index < -0.39 is 22.0 Å². The molecule has 174 valence electrons. The van der Waals surface area contributed by atoms with Crippen LogP contribution in [0.25, 0.3) is 17.4 Å². The largest absolute Gasteiger partial charge is 0.463 e. The van der Waals surface area contributed by atoms with Crippen molar-refractivity contribution in [3.63, 3.8) is 0 Å². The minimum atomic E-state index is -0.681. The standard InChI is InChI=1S/C21H12Cl2N2O8S/c1-31-20(27)17-5-3-11(33-17)9-24-19(26)18(34-21(24)28)6-10-2-4-16(32-10)12-7-15(25(29)30)14(23)8-13(12)22/h2-8H,9H2,1H3/b18-6+. The molecule has 1 aliphatic rings. The Kier molecular flexibility index (Phi) is 6.51. The highest BCUT2D eigenvalue weighted by molar-refractivity contribution is 8.18. The summed E-state index contributed by atoms with van der Waals surface area (Å²) >= 11 is 12.7. The Bertz CT molecular complexity index is 1380. The number of methoxy groups -OCH3 is 1. The molecule has 4 rings (SSSR count). The van der Waals surface area contributed by atoms with Crippen LogP contribution in [-0.4, -0.2) is 34.0 Å². The highest BCUT2D eigenvalue weighted by Gasteiger charge is 2.36. The third-order valence-electron chi connectivity index (χ3n) is 4.63. The Labute approximate surface area is 205 Å². The second-order valence-corrected chi connectivity index (χ2v) is 8.58. The number of amides is 2. The molecule has 34 heavy (non-hydrogen) atoms. The van der Waals surface area contributed by atoms with Crippen molar-refractivity contribution in [2.75, 3.05) is 7.11 Å². The molecule has 3 aromatic rings. The molecule has 1 aliphatic heterocycles. The Balaban J connectivity index is 1.55. The van der Waals surface area contributed by atoms with Crippen molar-refractivity contribution in [2.45, 2.75) is 6.54 Å². The van der Waals surface area contributed by atoms with Crippen molar-refractivity contribution in [1.82, 2.24) is 4.90 Å². The number of imide groups is 1. The van der Waals surface area contributed by atoms with Crippen LogP contribution in [0.15, 0.2) is 50.1 Å². The van der Waals surface area contributed by atoms with Gasteiger partial charge >= 0.3 is 5.97 Å². The van der Waals surface area contributed by atoms with E-state index >= 15 is 0 Å². The maximum atomic E-state index is 12.7. The number of benzene rings is 1. The van der Waals surface area contributed by atoms with Gasteiger partial charge in [-0.25, -0.2) is 4.79 Å². The molecule has 10 nitrogen and oxygen atoms in total. The number of nitro benzene ring substituents is 1. The maximum absolute atomic E-state index is 12.7.